The molecule has 1 N–H and O–H groups in total. The van der Waals surface area contributed by atoms with E-state index in [1.165, 1.54) is 6.42 Å². The second-order valence-electron chi connectivity index (χ2n) is 7.69. The number of nitrogens with one attached hydrogen (secondary N) is 1. The average Bonchev–Trinajstić information content (AvgIpc) is 2.72. The van der Waals surface area contributed by atoms with E-state index in [1.807, 2.05) is 42.5 Å². The van der Waals surface area contributed by atoms with Gasteiger partial charge in [-0.15, -0.1) is 0 Å². The van der Waals surface area contributed by atoms with Crippen molar-refractivity contribution in [2.45, 2.75) is 45.2 Å². The number of aromatic nitrogens is 2. The van der Waals surface area contributed by atoms with E-state index in [-0.39, 0.29) is 23.1 Å². The molecule has 1 fully saturated rings. The van der Waals surface area contributed by atoms with E-state index in [9.17, 15) is 9.59 Å². The third kappa shape index (κ3) is 3.70. The number of benzene rings is 1. The van der Waals surface area contributed by atoms with Crippen molar-refractivity contribution in [3.8, 4) is 0 Å². The van der Waals surface area contributed by atoms with E-state index in [1.54, 1.807) is 16.8 Å². The minimum Gasteiger partial charge on any atom is -0.349 e. The molecule has 1 aromatic carbocycles. The van der Waals surface area contributed by atoms with Gasteiger partial charge in [0.25, 0.3) is 11.5 Å². The number of rotatable bonds is 4. The molecule has 1 amide bonds. The lowest BCUT2D eigenvalue weighted by Crippen LogP contribution is -2.43. The van der Waals surface area contributed by atoms with E-state index in [0.717, 1.165) is 30.2 Å². The van der Waals surface area contributed by atoms with Gasteiger partial charge in [0.2, 0.25) is 0 Å². The maximum absolute atomic E-state index is 13.2. The van der Waals surface area contributed by atoms with Gasteiger partial charge in [-0.2, -0.15) is 0 Å². The van der Waals surface area contributed by atoms with E-state index < -0.39 is 0 Å². The molecule has 3 aromatic rings. The number of carbonyl (C=O) groups is 1. The SMILES string of the molecule is C[C@H]1CCCC[C@@H]1NC(=O)c1cc2cccnc2n(Cc2ccccc2)c1=O. The summed E-state index contributed by atoms with van der Waals surface area (Å²) in [5.74, 6) is 0.155. The number of carbonyl (C=O) groups excluding carboxylic acids is 1. The molecule has 0 radical (unpaired) electrons. The first-order chi connectivity index (χ1) is 13.6. The lowest BCUT2D eigenvalue weighted by Gasteiger charge is -2.29. The maximum atomic E-state index is 13.2. The third-order valence-corrected chi connectivity index (χ3v) is 5.70. The molecule has 0 unspecified atom stereocenters. The van der Waals surface area contributed by atoms with Gasteiger partial charge in [0, 0.05) is 17.6 Å². The zero-order valence-electron chi connectivity index (χ0n) is 16.1. The first kappa shape index (κ1) is 18.4. The molecular formula is C23H25N3O2. The van der Waals surface area contributed by atoms with Crippen LogP contribution in [-0.2, 0) is 6.54 Å². The van der Waals surface area contributed by atoms with Crippen molar-refractivity contribution in [2.75, 3.05) is 0 Å². The molecule has 2 aromatic heterocycles. The third-order valence-electron chi connectivity index (χ3n) is 5.70. The van der Waals surface area contributed by atoms with Crippen LogP contribution in [-0.4, -0.2) is 21.5 Å². The fourth-order valence-corrected chi connectivity index (χ4v) is 4.06. The van der Waals surface area contributed by atoms with Crippen LogP contribution in [0.1, 0.15) is 48.5 Å². The normalized spacial score (nSPS) is 19.5. The summed E-state index contributed by atoms with van der Waals surface area (Å²) in [6.45, 7) is 2.55. The number of hydrogen-bond donors (Lipinski definition) is 1. The molecule has 0 saturated heterocycles. The van der Waals surface area contributed by atoms with Gasteiger partial charge in [-0.3, -0.25) is 14.2 Å². The average molecular weight is 375 g/mol. The molecule has 1 saturated carbocycles. The summed E-state index contributed by atoms with van der Waals surface area (Å²) >= 11 is 0. The Labute approximate surface area is 164 Å². The second-order valence-corrected chi connectivity index (χ2v) is 7.69. The lowest BCUT2D eigenvalue weighted by molar-refractivity contribution is 0.0908. The van der Waals surface area contributed by atoms with Crippen LogP contribution in [0, 0.1) is 5.92 Å². The lowest BCUT2D eigenvalue weighted by atomic mass is 9.86. The van der Waals surface area contributed by atoms with E-state index >= 15 is 0 Å². The van der Waals surface area contributed by atoms with Gasteiger partial charge in [-0.05, 0) is 42.5 Å². The molecule has 2 heterocycles. The molecule has 144 valence electrons. The highest BCUT2D eigenvalue weighted by atomic mass is 16.2. The highest BCUT2D eigenvalue weighted by Crippen LogP contribution is 2.24. The Morgan fingerprint density at radius 1 is 1.14 bits per heavy atom. The van der Waals surface area contributed by atoms with Crippen LogP contribution in [0.3, 0.4) is 0 Å². The van der Waals surface area contributed by atoms with Crippen molar-refractivity contribution in [3.63, 3.8) is 0 Å². The van der Waals surface area contributed by atoms with Crippen LogP contribution >= 0.6 is 0 Å². The Kier molecular flexibility index (Phi) is 5.24. The molecule has 2 atom stereocenters. The molecule has 28 heavy (non-hydrogen) atoms. The van der Waals surface area contributed by atoms with Crippen LogP contribution < -0.4 is 10.9 Å². The highest BCUT2D eigenvalue weighted by Gasteiger charge is 2.25. The molecular weight excluding hydrogens is 350 g/mol. The minimum absolute atomic E-state index is 0.132. The first-order valence-electron chi connectivity index (χ1n) is 9.97. The fraction of sp³-hybridized carbons (Fsp3) is 0.348. The van der Waals surface area contributed by atoms with Crippen LogP contribution in [0.2, 0.25) is 0 Å². The molecule has 1 aliphatic rings. The van der Waals surface area contributed by atoms with Gasteiger partial charge >= 0.3 is 0 Å². The summed E-state index contributed by atoms with van der Waals surface area (Å²) in [5.41, 5.74) is 1.49. The molecule has 0 spiro atoms. The van der Waals surface area contributed by atoms with Gasteiger partial charge in [0.1, 0.15) is 11.2 Å². The first-order valence-corrected chi connectivity index (χ1v) is 9.97. The van der Waals surface area contributed by atoms with E-state index in [4.69, 9.17) is 0 Å². The van der Waals surface area contributed by atoms with E-state index in [2.05, 4.69) is 17.2 Å². The highest BCUT2D eigenvalue weighted by molar-refractivity contribution is 5.97. The topological polar surface area (TPSA) is 64.0 Å². The van der Waals surface area contributed by atoms with Gasteiger partial charge in [0.05, 0.1) is 6.54 Å². The van der Waals surface area contributed by atoms with Gasteiger partial charge < -0.3 is 5.32 Å². The minimum atomic E-state index is -0.295. The summed E-state index contributed by atoms with van der Waals surface area (Å²) < 4.78 is 1.60. The van der Waals surface area contributed by atoms with Crippen molar-refractivity contribution in [2.24, 2.45) is 5.92 Å². The van der Waals surface area contributed by atoms with Crippen molar-refractivity contribution >= 4 is 16.9 Å². The van der Waals surface area contributed by atoms with Gasteiger partial charge in [-0.25, -0.2) is 4.98 Å². The van der Waals surface area contributed by atoms with Crippen LogP contribution in [0.25, 0.3) is 11.0 Å². The Morgan fingerprint density at radius 2 is 1.93 bits per heavy atom. The van der Waals surface area contributed by atoms with Crippen molar-refractivity contribution in [3.05, 3.63) is 76.2 Å². The summed E-state index contributed by atoms with van der Waals surface area (Å²) in [5, 5.41) is 3.90. The number of nitrogens with zero attached hydrogens (tertiary/aromatic N) is 2. The predicted molar refractivity (Wildman–Crippen MR) is 110 cm³/mol. The largest absolute Gasteiger partial charge is 0.349 e. The Hall–Kier alpha value is -2.95. The summed E-state index contributed by atoms with van der Waals surface area (Å²) in [6, 6.07) is 15.3. The van der Waals surface area contributed by atoms with Crippen LogP contribution in [0.5, 0.6) is 0 Å². The Morgan fingerprint density at radius 3 is 2.71 bits per heavy atom. The fourth-order valence-electron chi connectivity index (χ4n) is 4.06. The Bertz CT molecular complexity index is 1040. The number of fused-ring (bicyclic) bond motifs is 1. The van der Waals surface area contributed by atoms with Crippen molar-refractivity contribution < 1.29 is 4.79 Å². The zero-order chi connectivity index (χ0) is 19.5. The summed E-state index contributed by atoms with van der Waals surface area (Å²) in [6.07, 6.45) is 6.09. The van der Waals surface area contributed by atoms with Crippen LogP contribution in [0.15, 0.2) is 59.5 Å². The van der Waals surface area contributed by atoms with Crippen molar-refractivity contribution in [1.82, 2.24) is 14.9 Å². The molecule has 5 heteroatoms. The molecule has 0 bridgehead atoms. The predicted octanol–water partition coefficient (Wildman–Crippen LogP) is 3.75. The number of amides is 1. The van der Waals surface area contributed by atoms with Gasteiger partial charge in [0.15, 0.2) is 0 Å². The standard InChI is InChI=1S/C23H25N3O2/c1-16-8-5-6-12-20(16)25-22(27)19-14-18-11-7-13-24-21(18)26(23(19)28)15-17-9-3-2-4-10-17/h2-4,7,9-11,13-14,16,20H,5-6,8,12,15H2,1H3,(H,25,27)/t16-,20-/m0/s1. The van der Waals surface area contributed by atoms with Crippen molar-refractivity contribution in [1.29, 1.82) is 0 Å². The number of hydrogen-bond acceptors (Lipinski definition) is 3. The quantitative estimate of drug-likeness (QED) is 0.755. The van der Waals surface area contributed by atoms with Crippen LogP contribution in [0.4, 0.5) is 0 Å². The summed E-state index contributed by atoms with van der Waals surface area (Å²) in [4.78, 5) is 30.6. The molecule has 4 rings (SSSR count). The van der Waals surface area contributed by atoms with E-state index in [0.29, 0.717) is 18.1 Å². The smallest absolute Gasteiger partial charge is 0.265 e. The summed E-state index contributed by atoms with van der Waals surface area (Å²) in [7, 11) is 0. The number of pyridine rings is 2. The van der Waals surface area contributed by atoms with Gasteiger partial charge in [-0.1, -0.05) is 50.1 Å². The molecule has 1 aliphatic carbocycles. The maximum Gasteiger partial charge on any atom is 0.265 e. The molecule has 5 nitrogen and oxygen atoms in total. The Balaban J connectivity index is 1.73. The monoisotopic (exact) mass is 375 g/mol. The zero-order valence-corrected chi connectivity index (χ0v) is 16.1. The molecule has 0 aliphatic heterocycles. The second kappa shape index (κ2) is 7.97.